The molecule has 0 unspecified atom stereocenters. The fourth-order valence-electron chi connectivity index (χ4n) is 4.85. The summed E-state index contributed by atoms with van der Waals surface area (Å²) in [6, 6.07) is 0. The van der Waals surface area contributed by atoms with E-state index in [9.17, 15) is 0 Å². The first-order chi connectivity index (χ1) is 16.9. The maximum atomic E-state index is 3.39. The molecule has 212 valence electrons. The fraction of sp³-hybridized carbons (Fsp3) is 0.765. The molecule has 0 radical (unpaired) electrons. The summed E-state index contributed by atoms with van der Waals surface area (Å²) in [7, 11) is 0. The van der Waals surface area contributed by atoms with E-state index in [1.165, 1.54) is 152 Å². The van der Waals surface area contributed by atoms with Crippen LogP contribution >= 0.6 is 0 Å². The van der Waals surface area contributed by atoms with E-state index >= 15 is 0 Å². The molecule has 0 N–H and O–H groups in total. The minimum Gasteiger partial charge on any atom is -1.00 e. The van der Waals surface area contributed by atoms with E-state index in [1.54, 1.807) is 0 Å². The van der Waals surface area contributed by atoms with Gasteiger partial charge in [0, 0.05) is 0 Å². The van der Waals surface area contributed by atoms with Crippen molar-refractivity contribution in [2.75, 3.05) is 0 Å². The third-order valence-corrected chi connectivity index (χ3v) is 7.13. The summed E-state index contributed by atoms with van der Waals surface area (Å²) < 4.78 is 0. The van der Waals surface area contributed by atoms with Crippen molar-refractivity contribution in [3.8, 4) is 0 Å². The Morgan fingerprint density at radius 1 is 0.459 bits per heavy atom. The fourth-order valence-corrected chi connectivity index (χ4v) is 4.85. The predicted molar refractivity (Wildman–Crippen MR) is 154 cm³/mol. The molecule has 0 saturated heterocycles. The van der Waals surface area contributed by atoms with Crippen LogP contribution in [-0.4, -0.2) is 0 Å². The molecule has 0 heterocycles. The predicted octanol–water partition coefficient (Wildman–Crippen LogP) is 5.98. The van der Waals surface area contributed by atoms with Crippen LogP contribution < -0.4 is 24.8 Å². The smallest absolute Gasteiger partial charge is 1.00 e. The molecule has 2 aliphatic rings. The topological polar surface area (TPSA) is 0 Å². The zero-order valence-electron chi connectivity index (χ0n) is 24.5. The minimum atomic E-state index is 0. The molecular weight excluding hydrogens is 571 g/mol. The Bertz CT molecular complexity index is 512. The van der Waals surface area contributed by atoms with Crippen molar-refractivity contribution >= 4 is 0 Å². The van der Waals surface area contributed by atoms with E-state index in [1.807, 2.05) is 0 Å². The average Bonchev–Trinajstić information content (AvgIpc) is 3.56. The summed E-state index contributed by atoms with van der Waals surface area (Å²) in [6.45, 7) is 4.57. The van der Waals surface area contributed by atoms with Crippen LogP contribution in [0.1, 0.15) is 168 Å². The molecule has 0 saturated carbocycles. The SMILES string of the molecule is CCCCCCCCCCCCC1=[C-]CC=C1.CCCCCCCCCCCCC1=[C-]CC=C1.[Cl-].[Cl-].[Zr+4]. The van der Waals surface area contributed by atoms with Crippen LogP contribution in [0.4, 0.5) is 0 Å². The maximum Gasteiger partial charge on any atom is 4.00 e. The van der Waals surface area contributed by atoms with Gasteiger partial charge in [0.15, 0.2) is 0 Å². The molecule has 3 heteroatoms. The molecule has 0 amide bonds. The van der Waals surface area contributed by atoms with Crippen molar-refractivity contribution in [2.45, 2.75) is 168 Å². The Morgan fingerprint density at radius 3 is 0.973 bits per heavy atom. The molecule has 0 nitrogen and oxygen atoms in total. The van der Waals surface area contributed by atoms with Crippen molar-refractivity contribution < 1.29 is 51.0 Å². The number of allylic oxidation sites excluding steroid dienone is 8. The second-order valence-corrected chi connectivity index (χ2v) is 10.5. The van der Waals surface area contributed by atoms with Crippen molar-refractivity contribution in [2.24, 2.45) is 0 Å². The molecule has 2 rings (SSSR count). The van der Waals surface area contributed by atoms with Gasteiger partial charge in [-0.05, 0) is 0 Å². The first-order valence-electron chi connectivity index (χ1n) is 15.4. The van der Waals surface area contributed by atoms with Crippen LogP contribution in [-0.2, 0) is 26.2 Å². The number of unbranched alkanes of at least 4 members (excludes halogenated alkanes) is 18. The first-order valence-corrected chi connectivity index (χ1v) is 15.4. The van der Waals surface area contributed by atoms with Crippen LogP contribution in [0.15, 0.2) is 35.5 Å². The van der Waals surface area contributed by atoms with E-state index < -0.39 is 0 Å². The second-order valence-electron chi connectivity index (χ2n) is 10.5. The molecule has 0 fully saturated rings. The molecule has 0 aliphatic heterocycles. The van der Waals surface area contributed by atoms with E-state index in [-0.39, 0.29) is 51.0 Å². The van der Waals surface area contributed by atoms with Gasteiger partial charge in [-0.3, -0.25) is 12.2 Å². The summed E-state index contributed by atoms with van der Waals surface area (Å²) >= 11 is 0. The van der Waals surface area contributed by atoms with Gasteiger partial charge in [-0.2, -0.15) is 12.2 Å². The summed E-state index contributed by atoms with van der Waals surface area (Å²) in [5.41, 5.74) is 2.90. The normalized spacial score (nSPS) is 13.1. The van der Waals surface area contributed by atoms with Gasteiger partial charge in [0.2, 0.25) is 0 Å². The van der Waals surface area contributed by atoms with Crippen molar-refractivity contribution in [1.82, 2.24) is 0 Å². The number of halogens is 2. The van der Waals surface area contributed by atoms with Crippen LogP contribution in [0.3, 0.4) is 0 Å². The number of hydrogen-bond donors (Lipinski definition) is 0. The first kappa shape index (κ1) is 41.9. The Morgan fingerprint density at radius 2 is 0.730 bits per heavy atom. The molecular formula is C34H58Cl2Zr. The van der Waals surface area contributed by atoms with Gasteiger partial charge in [-0.1, -0.05) is 155 Å². The van der Waals surface area contributed by atoms with E-state index in [4.69, 9.17) is 0 Å². The summed E-state index contributed by atoms with van der Waals surface area (Å²) in [5, 5.41) is 0. The van der Waals surface area contributed by atoms with Gasteiger partial charge in [-0.25, -0.2) is 23.3 Å². The molecule has 0 aromatic carbocycles. The summed E-state index contributed by atoms with van der Waals surface area (Å²) in [5.74, 6) is 0. The Hall–Kier alpha value is 0.423. The van der Waals surface area contributed by atoms with Gasteiger partial charge < -0.3 is 24.8 Å². The number of hydrogen-bond acceptors (Lipinski definition) is 0. The zero-order valence-corrected chi connectivity index (χ0v) is 28.5. The van der Waals surface area contributed by atoms with Crippen LogP contribution in [0, 0.1) is 12.2 Å². The molecule has 0 aromatic rings. The Kier molecular flexibility index (Phi) is 39.0. The third-order valence-electron chi connectivity index (χ3n) is 7.13. The molecule has 0 spiro atoms. The number of rotatable bonds is 22. The summed E-state index contributed by atoms with van der Waals surface area (Å²) in [6.07, 6.45) is 48.9. The van der Waals surface area contributed by atoms with Gasteiger partial charge in [0.1, 0.15) is 0 Å². The van der Waals surface area contributed by atoms with Crippen LogP contribution in [0.5, 0.6) is 0 Å². The Balaban J connectivity index is -0.000000578. The maximum absolute atomic E-state index is 3.39. The average molecular weight is 629 g/mol. The third kappa shape index (κ3) is 29.2. The zero-order chi connectivity index (χ0) is 24.4. The molecule has 0 atom stereocenters. The van der Waals surface area contributed by atoms with Crippen LogP contribution in [0.2, 0.25) is 0 Å². The summed E-state index contributed by atoms with van der Waals surface area (Å²) in [4.78, 5) is 0. The standard InChI is InChI=1S/2C17H29.2ClH.Zr/c2*1-2-3-4-5-6-7-8-9-10-11-14-17-15-12-13-16-17;;;/h2*12,15H,2-11,13-14H2,1H3;2*1H;/q2*-1;;;+4/p-2. The van der Waals surface area contributed by atoms with E-state index in [0.29, 0.717) is 0 Å². The monoisotopic (exact) mass is 626 g/mol. The van der Waals surface area contributed by atoms with E-state index in [0.717, 1.165) is 12.8 Å². The van der Waals surface area contributed by atoms with E-state index in [2.05, 4.69) is 50.3 Å². The van der Waals surface area contributed by atoms with Gasteiger partial charge in [-0.15, -0.1) is 12.8 Å². The van der Waals surface area contributed by atoms with Gasteiger partial charge in [0.05, 0.1) is 0 Å². The minimum absolute atomic E-state index is 0. The van der Waals surface area contributed by atoms with Crippen molar-refractivity contribution in [1.29, 1.82) is 0 Å². The van der Waals surface area contributed by atoms with Crippen LogP contribution in [0.25, 0.3) is 0 Å². The molecule has 2 aliphatic carbocycles. The second kappa shape index (κ2) is 34.5. The van der Waals surface area contributed by atoms with Gasteiger partial charge in [0.25, 0.3) is 0 Å². The Labute approximate surface area is 265 Å². The molecule has 0 bridgehead atoms. The molecule has 0 aromatic heterocycles. The quantitative estimate of drug-likeness (QED) is 0.102. The molecule has 37 heavy (non-hydrogen) atoms. The van der Waals surface area contributed by atoms with Crippen molar-refractivity contribution in [3.63, 3.8) is 0 Å². The largest absolute Gasteiger partial charge is 4.00 e. The van der Waals surface area contributed by atoms with Gasteiger partial charge >= 0.3 is 26.2 Å². The van der Waals surface area contributed by atoms with Crippen molar-refractivity contribution in [3.05, 3.63) is 47.6 Å².